The molecule has 1 aliphatic heterocycles. The van der Waals surface area contributed by atoms with Crippen molar-refractivity contribution in [3.8, 4) is 0 Å². The summed E-state index contributed by atoms with van der Waals surface area (Å²) in [7, 11) is 0. The van der Waals surface area contributed by atoms with Crippen molar-refractivity contribution in [1.29, 1.82) is 0 Å². The molecule has 3 rings (SSSR count). The molecule has 0 saturated carbocycles. The Labute approximate surface area is 126 Å². The summed E-state index contributed by atoms with van der Waals surface area (Å²) < 4.78 is 0. The van der Waals surface area contributed by atoms with E-state index in [4.69, 9.17) is 5.73 Å². The molecule has 0 aliphatic carbocycles. The van der Waals surface area contributed by atoms with E-state index in [1.807, 2.05) is 19.1 Å². The molecule has 21 heavy (non-hydrogen) atoms. The van der Waals surface area contributed by atoms with Crippen LogP contribution in [0.5, 0.6) is 0 Å². The quantitative estimate of drug-likeness (QED) is 0.824. The molecular formula is C18H23N3. The SMILES string of the molecule is Cc1ccc(Nc2ccc(N3CCCCC3)cc2)c(N)c1. The van der Waals surface area contributed by atoms with Gasteiger partial charge in [0.2, 0.25) is 0 Å². The highest BCUT2D eigenvalue weighted by Crippen LogP contribution is 2.26. The molecule has 0 radical (unpaired) electrons. The Hall–Kier alpha value is -2.16. The third-order valence-corrected chi connectivity index (χ3v) is 4.07. The van der Waals surface area contributed by atoms with Gasteiger partial charge in [-0.15, -0.1) is 0 Å². The van der Waals surface area contributed by atoms with Crippen LogP contribution < -0.4 is 16.0 Å². The van der Waals surface area contributed by atoms with Gasteiger partial charge in [-0.25, -0.2) is 0 Å². The van der Waals surface area contributed by atoms with Gasteiger partial charge in [0.15, 0.2) is 0 Å². The second kappa shape index (κ2) is 6.08. The van der Waals surface area contributed by atoms with Crippen molar-refractivity contribution in [2.45, 2.75) is 26.2 Å². The zero-order valence-corrected chi connectivity index (χ0v) is 12.6. The topological polar surface area (TPSA) is 41.3 Å². The van der Waals surface area contributed by atoms with Crippen LogP contribution in [-0.4, -0.2) is 13.1 Å². The Kier molecular flexibility index (Phi) is 4.00. The minimum atomic E-state index is 0.787. The molecule has 0 unspecified atom stereocenters. The normalized spacial score (nSPS) is 15.0. The van der Waals surface area contributed by atoms with Crippen LogP contribution >= 0.6 is 0 Å². The molecular weight excluding hydrogens is 258 g/mol. The smallest absolute Gasteiger partial charge is 0.0618 e. The lowest BCUT2D eigenvalue weighted by Crippen LogP contribution is -2.29. The third-order valence-electron chi connectivity index (χ3n) is 4.07. The molecule has 0 aromatic heterocycles. The zero-order chi connectivity index (χ0) is 14.7. The van der Waals surface area contributed by atoms with Crippen LogP contribution in [-0.2, 0) is 0 Å². The predicted molar refractivity (Wildman–Crippen MR) is 91.4 cm³/mol. The molecule has 1 aliphatic rings. The van der Waals surface area contributed by atoms with E-state index < -0.39 is 0 Å². The molecule has 1 saturated heterocycles. The van der Waals surface area contributed by atoms with Gasteiger partial charge in [-0.3, -0.25) is 0 Å². The third kappa shape index (κ3) is 3.30. The molecule has 2 aromatic carbocycles. The molecule has 3 heteroatoms. The number of nitrogen functional groups attached to an aromatic ring is 1. The maximum atomic E-state index is 6.05. The zero-order valence-electron chi connectivity index (χ0n) is 12.6. The van der Waals surface area contributed by atoms with E-state index in [0.29, 0.717) is 0 Å². The Morgan fingerprint density at radius 2 is 1.67 bits per heavy atom. The Bertz CT molecular complexity index is 598. The van der Waals surface area contributed by atoms with E-state index in [2.05, 4.69) is 40.5 Å². The number of nitrogens with zero attached hydrogens (tertiary/aromatic N) is 1. The Morgan fingerprint density at radius 3 is 2.33 bits per heavy atom. The minimum Gasteiger partial charge on any atom is -0.397 e. The maximum Gasteiger partial charge on any atom is 0.0618 e. The van der Waals surface area contributed by atoms with Gasteiger partial charge >= 0.3 is 0 Å². The van der Waals surface area contributed by atoms with Gasteiger partial charge in [-0.2, -0.15) is 0 Å². The van der Waals surface area contributed by atoms with Gasteiger partial charge < -0.3 is 16.0 Å². The summed E-state index contributed by atoms with van der Waals surface area (Å²) in [4.78, 5) is 2.47. The summed E-state index contributed by atoms with van der Waals surface area (Å²) in [6.07, 6.45) is 3.97. The second-order valence-corrected chi connectivity index (χ2v) is 5.81. The fourth-order valence-electron chi connectivity index (χ4n) is 2.86. The summed E-state index contributed by atoms with van der Waals surface area (Å²) in [6.45, 7) is 4.41. The van der Waals surface area contributed by atoms with E-state index in [0.717, 1.165) is 17.1 Å². The van der Waals surface area contributed by atoms with Crippen LogP contribution in [0.2, 0.25) is 0 Å². The molecule has 0 spiro atoms. The van der Waals surface area contributed by atoms with Gasteiger partial charge in [-0.05, 0) is 68.1 Å². The average Bonchev–Trinajstić information content (AvgIpc) is 2.52. The van der Waals surface area contributed by atoms with Gasteiger partial charge in [0.05, 0.1) is 11.4 Å². The molecule has 0 atom stereocenters. The first-order valence-electron chi connectivity index (χ1n) is 7.70. The lowest BCUT2D eigenvalue weighted by atomic mass is 10.1. The van der Waals surface area contributed by atoms with Crippen molar-refractivity contribution in [3.05, 3.63) is 48.0 Å². The highest BCUT2D eigenvalue weighted by molar-refractivity contribution is 5.73. The van der Waals surface area contributed by atoms with Crippen molar-refractivity contribution in [3.63, 3.8) is 0 Å². The number of aryl methyl sites for hydroxylation is 1. The van der Waals surface area contributed by atoms with Crippen LogP contribution in [0.1, 0.15) is 24.8 Å². The number of piperidine rings is 1. The van der Waals surface area contributed by atoms with Crippen molar-refractivity contribution in [2.75, 3.05) is 29.0 Å². The van der Waals surface area contributed by atoms with Crippen LogP contribution in [0, 0.1) is 6.92 Å². The molecule has 1 heterocycles. The summed E-state index contributed by atoms with van der Waals surface area (Å²) in [5, 5.41) is 3.39. The van der Waals surface area contributed by atoms with Crippen LogP contribution in [0.15, 0.2) is 42.5 Å². The van der Waals surface area contributed by atoms with E-state index in [-0.39, 0.29) is 0 Å². The highest BCUT2D eigenvalue weighted by Gasteiger charge is 2.10. The van der Waals surface area contributed by atoms with E-state index in [9.17, 15) is 0 Å². The lowest BCUT2D eigenvalue weighted by molar-refractivity contribution is 0.578. The van der Waals surface area contributed by atoms with Crippen LogP contribution in [0.4, 0.5) is 22.7 Å². The van der Waals surface area contributed by atoms with Gasteiger partial charge in [0.1, 0.15) is 0 Å². The molecule has 0 amide bonds. The van der Waals surface area contributed by atoms with E-state index in [1.54, 1.807) is 0 Å². The molecule has 2 aromatic rings. The minimum absolute atomic E-state index is 0.787. The summed E-state index contributed by atoms with van der Waals surface area (Å²) in [6, 6.07) is 14.7. The first-order valence-corrected chi connectivity index (χ1v) is 7.70. The molecule has 0 bridgehead atoms. The monoisotopic (exact) mass is 281 g/mol. The van der Waals surface area contributed by atoms with E-state index in [1.165, 1.54) is 43.6 Å². The first-order chi connectivity index (χ1) is 10.2. The number of anilines is 4. The number of hydrogen-bond acceptors (Lipinski definition) is 3. The largest absolute Gasteiger partial charge is 0.397 e. The molecule has 1 fully saturated rings. The Morgan fingerprint density at radius 1 is 0.952 bits per heavy atom. The number of hydrogen-bond donors (Lipinski definition) is 2. The standard InChI is InChI=1S/C18H23N3/c1-14-5-10-18(17(19)13-14)20-15-6-8-16(9-7-15)21-11-3-2-4-12-21/h5-10,13,20H,2-4,11-12,19H2,1H3. The number of benzene rings is 2. The predicted octanol–water partition coefficient (Wildman–Crippen LogP) is 4.31. The number of rotatable bonds is 3. The lowest BCUT2D eigenvalue weighted by Gasteiger charge is -2.28. The highest BCUT2D eigenvalue weighted by atomic mass is 15.1. The maximum absolute atomic E-state index is 6.05. The molecule has 3 N–H and O–H groups in total. The van der Waals surface area contributed by atoms with Crippen molar-refractivity contribution in [2.24, 2.45) is 0 Å². The van der Waals surface area contributed by atoms with Gasteiger partial charge in [0.25, 0.3) is 0 Å². The van der Waals surface area contributed by atoms with Crippen molar-refractivity contribution in [1.82, 2.24) is 0 Å². The molecule has 3 nitrogen and oxygen atoms in total. The Balaban J connectivity index is 1.71. The number of nitrogens with one attached hydrogen (secondary N) is 1. The van der Waals surface area contributed by atoms with E-state index >= 15 is 0 Å². The summed E-state index contributed by atoms with van der Waals surface area (Å²) in [5.74, 6) is 0. The number of nitrogens with two attached hydrogens (primary N) is 1. The molecule has 110 valence electrons. The van der Waals surface area contributed by atoms with Gasteiger partial charge in [0, 0.05) is 24.5 Å². The van der Waals surface area contributed by atoms with Crippen LogP contribution in [0.25, 0.3) is 0 Å². The second-order valence-electron chi connectivity index (χ2n) is 5.81. The fourth-order valence-corrected chi connectivity index (χ4v) is 2.86. The first kappa shape index (κ1) is 13.8. The van der Waals surface area contributed by atoms with Crippen LogP contribution in [0.3, 0.4) is 0 Å². The summed E-state index contributed by atoms with van der Waals surface area (Å²) >= 11 is 0. The van der Waals surface area contributed by atoms with Gasteiger partial charge in [-0.1, -0.05) is 6.07 Å². The average molecular weight is 281 g/mol. The van der Waals surface area contributed by atoms with Crippen molar-refractivity contribution >= 4 is 22.7 Å². The summed E-state index contributed by atoms with van der Waals surface area (Å²) in [5.41, 5.74) is 11.4. The fraction of sp³-hybridized carbons (Fsp3) is 0.333. The van der Waals surface area contributed by atoms with Crippen molar-refractivity contribution < 1.29 is 0 Å².